The smallest absolute Gasteiger partial charge is 0.255 e. The van der Waals surface area contributed by atoms with Gasteiger partial charge < -0.3 is 10.7 Å². The Bertz CT molecular complexity index is 654. The summed E-state index contributed by atoms with van der Waals surface area (Å²) in [5.41, 5.74) is 5.36. The van der Waals surface area contributed by atoms with Crippen molar-refractivity contribution >= 4 is 17.4 Å². The van der Waals surface area contributed by atoms with Crippen molar-refractivity contribution < 1.29 is 4.79 Å². The number of hydrazine groups is 1. The molecule has 1 amide bonds. The molecule has 0 unspecified atom stereocenters. The molecule has 2 aromatic heterocycles. The van der Waals surface area contributed by atoms with Crippen molar-refractivity contribution in [2.24, 2.45) is 5.84 Å². The van der Waals surface area contributed by atoms with Crippen molar-refractivity contribution in [3.63, 3.8) is 0 Å². The molecule has 2 heterocycles. The first kappa shape index (κ1) is 14.9. The molecule has 0 fully saturated rings. The lowest BCUT2D eigenvalue weighted by atomic mass is 10.1. The topological polar surface area (TPSA) is 92.9 Å². The maximum absolute atomic E-state index is 12.3. The number of pyridine rings is 2. The minimum atomic E-state index is -0.207. The predicted octanol–water partition coefficient (Wildman–Crippen LogP) is 2.45. The second kappa shape index (κ2) is 6.32. The molecule has 0 saturated carbocycles. The van der Waals surface area contributed by atoms with E-state index in [1.807, 2.05) is 26.8 Å². The van der Waals surface area contributed by atoms with E-state index in [1.165, 1.54) is 0 Å². The number of aryl methyl sites for hydroxylation is 1. The van der Waals surface area contributed by atoms with Crippen molar-refractivity contribution in [1.29, 1.82) is 0 Å². The summed E-state index contributed by atoms with van der Waals surface area (Å²) in [6.45, 7) is 5.89. The number of amides is 1. The van der Waals surface area contributed by atoms with E-state index in [1.54, 1.807) is 24.4 Å². The van der Waals surface area contributed by atoms with Crippen molar-refractivity contribution in [2.45, 2.75) is 26.7 Å². The van der Waals surface area contributed by atoms with Crippen LogP contribution in [0.25, 0.3) is 0 Å². The Morgan fingerprint density at radius 2 is 2.05 bits per heavy atom. The first-order valence-electron chi connectivity index (χ1n) is 6.72. The van der Waals surface area contributed by atoms with Crippen LogP contribution in [0, 0.1) is 6.92 Å². The van der Waals surface area contributed by atoms with Crippen molar-refractivity contribution in [1.82, 2.24) is 9.97 Å². The van der Waals surface area contributed by atoms with Gasteiger partial charge >= 0.3 is 0 Å². The van der Waals surface area contributed by atoms with Crippen molar-refractivity contribution in [2.75, 3.05) is 10.7 Å². The van der Waals surface area contributed by atoms with Gasteiger partial charge in [0.25, 0.3) is 5.91 Å². The summed E-state index contributed by atoms with van der Waals surface area (Å²) in [4.78, 5) is 20.8. The normalized spacial score (nSPS) is 10.5. The summed E-state index contributed by atoms with van der Waals surface area (Å²) < 4.78 is 0. The Kier molecular flexibility index (Phi) is 4.49. The van der Waals surface area contributed by atoms with Crippen LogP contribution in [-0.4, -0.2) is 15.9 Å². The van der Waals surface area contributed by atoms with E-state index in [0.29, 0.717) is 17.1 Å². The van der Waals surface area contributed by atoms with E-state index < -0.39 is 0 Å². The lowest BCUT2D eigenvalue weighted by Crippen LogP contribution is -2.16. The van der Waals surface area contributed by atoms with Gasteiger partial charge in [0.15, 0.2) is 0 Å². The van der Waals surface area contributed by atoms with Gasteiger partial charge in [-0.1, -0.05) is 13.8 Å². The second-order valence-electron chi connectivity index (χ2n) is 5.10. The third-order valence-corrected chi connectivity index (χ3v) is 3.00. The molecule has 0 radical (unpaired) electrons. The highest BCUT2D eigenvalue weighted by Crippen LogP contribution is 2.18. The molecule has 4 N–H and O–H groups in total. The van der Waals surface area contributed by atoms with E-state index in [0.717, 1.165) is 11.4 Å². The zero-order valence-corrected chi connectivity index (χ0v) is 12.3. The van der Waals surface area contributed by atoms with Gasteiger partial charge in [-0.15, -0.1) is 0 Å². The van der Waals surface area contributed by atoms with Gasteiger partial charge in [-0.25, -0.2) is 10.8 Å². The number of anilines is 2. The first-order valence-corrected chi connectivity index (χ1v) is 6.72. The molecule has 0 aliphatic carbocycles. The summed E-state index contributed by atoms with van der Waals surface area (Å²) in [7, 11) is 0. The molecular formula is C15H19N5O. The van der Waals surface area contributed by atoms with E-state index in [9.17, 15) is 4.79 Å². The lowest BCUT2D eigenvalue weighted by molar-refractivity contribution is 0.102. The molecule has 21 heavy (non-hydrogen) atoms. The average molecular weight is 285 g/mol. The average Bonchev–Trinajstić information content (AvgIpc) is 2.46. The molecule has 2 rings (SSSR count). The number of aromatic nitrogens is 2. The molecule has 0 spiro atoms. The monoisotopic (exact) mass is 285 g/mol. The van der Waals surface area contributed by atoms with Crippen LogP contribution >= 0.6 is 0 Å². The number of hydrogen-bond acceptors (Lipinski definition) is 5. The number of nitrogens with zero attached hydrogens (tertiary/aromatic N) is 2. The summed E-state index contributed by atoms with van der Waals surface area (Å²) in [5.74, 6) is 5.87. The lowest BCUT2D eigenvalue weighted by Gasteiger charge is -2.11. The third-order valence-electron chi connectivity index (χ3n) is 3.00. The fraction of sp³-hybridized carbons (Fsp3) is 0.267. The van der Waals surface area contributed by atoms with E-state index in [2.05, 4.69) is 20.7 Å². The number of nitrogen functional groups attached to an aromatic ring is 1. The van der Waals surface area contributed by atoms with Crippen molar-refractivity contribution in [3.8, 4) is 0 Å². The van der Waals surface area contributed by atoms with Gasteiger partial charge in [-0.05, 0) is 37.1 Å². The van der Waals surface area contributed by atoms with Crippen LogP contribution < -0.4 is 16.6 Å². The Labute approximate surface area is 123 Å². The molecule has 6 heteroatoms. The van der Waals surface area contributed by atoms with Crippen LogP contribution in [0.1, 0.15) is 41.5 Å². The highest BCUT2D eigenvalue weighted by Gasteiger charge is 2.12. The zero-order chi connectivity index (χ0) is 15.4. The Balaban J connectivity index is 2.28. The summed E-state index contributed by atoms with van der Waals surface area (Å²) in [6.07, 6.45) is 1.66. The molecule has 2 aromatic rings. The largest absolute Gasteiger partial charge is 0.322 e. The SMILES string of the molecule is Cc1cc(NC(=O)c2cc(NN)nc(C(C)C)c2)ccn1. The van der Waals surface area contributed by atoms with Crippen molar-refractivity contribution in [3.05, 3.63) is 47.4 Å². The minimum absolute atomic E-state index is 0.202. The van der Waals surface area contributed by atoms with Crippen LogP contribution in [0.5, 0.6) is 0 Å². The Hall–Kier alpha value is -2.47. The fourth-order valence-corrected chi connectivity index (χ4v) is 1.88. The van der Waals surface area contributed by atoms with Gasteiger partial charge in [0.05, 0.1) is 0 Å². The van der Waals surface area contributed by atoms with Crippen LogP contribution in [0.3, 0.4) is 0 Å². The Morgan fingerprint density at radius 3 is 2.67 bits per heavy atom. The predicted molar refractivity (Wildman–Crippen MR) is 83.1 cm³/mol. The van der Waals surface area contributed by atoms with E-state index in [-0.39, 0.29) is 11.8 Å². The number of carbonyl (C=O) groups excluding carboxylic acids is 1. The summed E-state index contributed by atoms with van der Waals surface area (Å²) in [5, 5.41) is 2.84. The molecule has 0 aliphatic heterocycles. The number of carbonyl (C=O) groups is 1. The first-order chi connectivity index (χ1) is 9.99. The summed E-state index contributed by atoms with van der Waals surface area (Å²) >= 11 is 0. The molecule has 0 aromatic carbocycles. The maximum atomic E-state index is 12.3. The zero-order valence-electron chi connectivity index (χ0n) is 12.3. The van der Waals surface area contributed by atoms with E-state index >= 15 is 0 Å². The highest BCUT2D eigenvalue weighted by atomic mass is 16.1. The standard InChI is InChI=1S/C15H19N5O/c1-9(2)13-7-11(8-14(19-13)20-16)15(21)18-12-4-5-17-10(3)6-12/h4-9H,16H2,1-3H3,(H,19,20)(H,17,18,21). The molecule has 0 atom stereocenters. The van der Waals surface area contributed by atoms with Gasteiger partial charge in [0.1, 0.15) is 5.82 Å². The summed E-state index contributed by atoms with van der Waals surface area (Å²) in [6, 6.07) is 6.95. The van der Waals surface area contributed by atoms with E-state index in [4.69, 9.17) is 5.84 Å². The molecule has 0 bridgehead atoms. The van der Waals surface area contributed by atoms with Crippen LogP contribution in [-0.2, 0) is 0 Å². The van der Waals surface area contributed by atoms with Gasteiger partial charge in [-0.2, -0.15) is 0 Å². The second-order valence-corrected chi connectivity index (χ2v) is 5.10. The number of hydrogen-bond donors (Lipinski definition) is 3. The number of nitrogens with one attached hydrogen (secondary N) is 2. The number of nitrogens with two attached hydrogens (primary N) is 1. The number of rotatable bonds is 4. The Morgan fingerprint density at radius 1 is 1.29 bits per heavy atom. The maximum Gasteiger partial charge on any atom is 0.255 e. The van der Waals surface area contributed by atoms with Crippen LogP contribution in [0.4, 0.5) is 11.5 Å². The van der Waals surface area contributed by atoms with Crippen LogP contribution in [0.15, 0.2) is 30.5 Å². The van der Waals surface area contributed by atoms with Gasteiger partial charge in [-0.3, -0.25) is 9.78 Å². The molecular weight excluding hydrogens is 266 g/mol. The fourth-order valence-electron chi connectivity index (χ4n) is 1.88. The van der Waals surface area contributed by atoms with Crippen LogP contribution in [0.2, 0.25) is 0 Å². The highest BCUT2D eigenvalue weighted by molar-refractivity contribution is 6.04. The minimum Gasteiger partial charge on any atom is -0.322 e. The van der Waals surface area contributed by atoms with Gasteiger partial charge in [0, 0.05) is 28.8 Å². The van der Waals surface area contributed by atoms with Gasteiger partial charge in [0.2, 0.25) is 0 Å². The molecule has 110 valence electrons. The molecule has 0 saturated heterocycles. The molecule has 0 aliphatic rings. The molecule has 6 nitrogen and oxygen atoms in total. The third kappa shape index (κ3) is 3.76. The quantitative estimate of drug-likeness (QED) is 0.592.